The first-order valence-corrected chi connectivity index (χ1v) is 6.82. The number of aromatic nitrogens is 2. The van der Waals surface area contributed by atoms with E-state index < -0.39 is 11.9 Å². The maximum atomic E-state index is 11.1. The Morgan fingerprint density at radius 3 is 2.70 bits per heavy atom. The summed E-state index contributed by atoms with van der Waals surface area (Å²) < 4.78 is 5.31. The van der Waals surface area contributed by atoms with Crippen molar-refractivity contribution in [2.75, 3.05) is 23.8 Å². The van der Waals surface area contributed by atoms with E-state index in [1.807, 2.05) is 6.92 Å². The highest BCUT2D eigenvalue weighted by atomic mass is 16.5. The van der Waals surface area contributed by atoms with Crippen LogP contribution in [0.4, 0.5) is 11.6 Å². The van der Waals surface area contributed by atoms with Gasteiger partial charge in [-0.25, -0.2) is 9.97 Å². The molecule has 7 heteroatoms. The molecule has 0 radical (unpaired) electrons. The molecule has 1 heterocycles. The summed E-state index contributed by atoms with van der Waals surface area (Å²) in [7, 11) is 0. The lowest BCUT2D eigenvalue weighted by Gasteiger charge is -2.14. The van der Waals surface area contributed by atoms with E-state index in [0.717, 1.165) is 13.0 Å². The summed E-state index contributed by atoms with van der Waals surface area (Å²) in [6.07, 6.45) is 0.991. The maximum absolute atomic E-state index is 11.1. The molecule has 0 aliphatic rings. The van der Waals surface area contributed by atoms with Crippen molar-refractivity contribution in [3.8, 4) is 0 Å². The standard InChI is InChI=1S/C13H23N5O2/c1-4-6-15-10-7-11(16-9(3)13(14)19)18-12(17-10)8-20-5-2/h7,9H,4-6,8H2,1-3H3,(H2,14,19)(H2,15,16,17,18). The summed E-state index contributed by atoms with van der Waals surface area (Å²) in [6.45, 7) is 7.41. The molecule has 1 unspecified atom stereocenters. The molecule has 0 fully saturated rings. The van der Waals surface area contributed by atoms with E-state index in [1.165, 1.54) is 0 Å². The highest BCUT2D eigenvalue weighted by Crippen LogP contribution is 2.13. The first-order chi connectivity index (χ1) is 9.56. The van der Waals surface area contributed by atoms with Gasteiger partial charge in [-0.15, -0.1) is 0 Å². The van der Waals surface area contributed by atoms with Crippen molar-refractivity contribution >= 4 is 17.5 Å². The van der Waals surface area contributed by atoms with E-state index in [9.17, 15) is 4.79 Å². The zero-order valence-corrected chi connectivity index (χ0v) is 12.3. The molecule has 20 heavy (non-hydrogen) atoms. The SMILES string of the molecule is CCCNc1cc(NC(C)C(N)=O)nc(COCC)n1. The van der Waals surface area contributed by atoms with E-state index in [0.29, 0.717) is 30.7 Å². The van der Waals surface area contributed by atoms with E-state index in [-0.39, 0.29) is 0 Å². The van der Waals surface area contributed by atoms with Gasteiger partial charge >= 0.3 is 0 Å². The minimum atomic E-state index is -0.496. The average Bonchev–Trinajstić information content (AvgIpc) is 2.42. The molecule has 1 atom stereocenters. The molecule has 0 aromatic carbocycles. The van der Waals surface area contributed by atoms with Crippen LogP contribution < -0.4 is 16.4 Å². The molecule has 1 aromatic rings. The number of hydrogen-bond acceptors (Lipinski definition) is 6. The van der Waals surface area contributed by atoms with Gasteiger partial charge in [-0.3, -0.25) is 4.79 Å². The molecular formula is C13H23N5O2. The van der Waals surface area contributed by atoms with Crippen LogP contribution in [0.2, 0.25) is 0 Å². The maximum Gasteiger partial charge on any atom is 0.239 e. The number of carbonyl (C=O) groups excluding carboxylic acids is 1. The molecule has 0 aliphatic heterocycles. The Labute approximate surface area is 119 Å². The fourth-order valence-corrected chi connectivity index (χ4v) is 1.47. The Hall–Kier alpha value is -1.89. The Bertz CT molecular complexity index is 413. The largest absolute Gasteiger partial charge is 0.374 e. The van der Waals surface area contributed by atoms with Crippen LogP contribution in [0, 0.1) is 0 Å². The van der Waals surface area contributed by atoms with Gasteiger partial charge in [-0.1, -0.05) is 6.92 Å². The minimum Gasteiger partial charge on any atom is -0.374 e. The highest BCUT2D eigenvalue weighted by Gasteiger charge is 2.11. The molecule has 0 aliphatic carbocycles. The Kier molecular flexibility index (Phi) is 6.72. The van der Waals surface area contributed by atoms with Crippen LogP contribution in [-0.4, -0.2) is 35.1 Å². The van der Waals surface area contributed by atoms with Crippen molar-refractivity contribution in [2.45, 2.75) is 39.8 Å². The van der Waals surface area contributed by atoms with Crippen molar-refractivity contribution in [1.82, 2.24) is 9.97 Å². The summed E-state index contributed by atoms with van der Waals surface area (Å²) in [6, 6.07) is 1.26. The Balaban J connectivity index is 2.87. The van der Waals surface area contributed by atoms with Gasteiger partial charge in [-0.05, 0) is 20.3 Å². The zero-order valence-electron chi connectivity index (χ0n) is 12.3. The van der Waals surface area contributed by atoms with Crippen LogP contribution in [0.1, 0.15) is 33.0 Å². The number of nitrogens with two attached hydrogens (primary N) is 1. The Morgan fingerprint density at radius 2 is 2.10 bits per heavy atom. The van der Waals surface area contributed by atoms with E-state index >= 15 is 0 Å². The van der Waals surface area contributed by atoms with Gasteiger partial charge in [0.1, 0.15) is 24.3 Å². The summed E-state index contributed by atoms with van der Waals surface area (Å²) in [5, 5.41) is 6.14. The fourth-order valence-electron chi connectivity index (χ4n) is 1.47. The third kappa shape index (κ3) is 5.40. The van der Waals surface area contributed by atoms with E-state index in [2.05, 4.69) is 27.5 Å². The van der Waals surface area contributed by atoms with Gasteiger partial charge in [0, 0.05) is 19.2 Å². The van der Waals surface area contributed by atoms with E-state index in [1.54, 1.807) is 13.0 Å². The quantitative estimate of drug-likeness (QED) is 0.627. The Morgan fingerprint density at radius 1 is 1.40 bits per heavy atom. The lowest BCUT2D eigenvalue weighted by atomic mass is 10.3. The number of rotatable bonds is 9. The average molecular weight is 281 g/mol. The van der Waals surface area contributed by atoms with Crippen LogP contribution in [0.3, 0.4) is 0 Å². The van der Waals surface area contributed by atoms with Gasteiger partial charge in [-0.2, -0.15) is 0 Å². The number of nitrogens with zero attached hydrogens (tertiary/aromatic N) is 2. The lowest BCUT2D eigenvalue weighted by Crippen LogP contribution is -2.33. The number of ether oxygens (including phenoxy) is 1. The predicted molar refractivity (Wildman–Crippen MR) is 78.4 cm³/mol. The number of carbonyl (C=O) groups is 1. The molecule has 4 N–H and O–H groups in total. The first kappa shape index (κ1) is 16.2. The summed E-state index contributed by atoms with van der Waals surface area (Å²) >= 11 is 0. The summed E-state index contributed by atoms with van der Waals surface area (Å²) in [5.41, 5.74) is 5.24. The number of hydrogen-bond donors (Lipinski definition) is 3. The predicted octanol–water partition coefficient (Wildman–Crippen LogP) is 1.12. The summed E-state index contributed by atoms with van der Waals surface area (Å²) in [5.74, 6) is 1.39. The smallest absolute Gasteiger partial charge is 0.239 e. The second-order valence-electron chi connectivity index (χ2n) is 4.39. The van der Waals surface area contributed by atoms with Crippen molar-refractivity contribution in [3.05, 3.63) is 11.9 Å². The molecule has 1 aromatic heterocycles. The number of nitrogens with one attached hydrogen (secondary N) is 2. The molecule has 7 nitrogen and oxygen atoms in total. The molecule has 0 saturated carbocycles. The molecule has 1 amide bonds. The minimum absolute atomic E-state index is 0.331. The van der Waals surface area contributed by atoms with Crippen molar-refractivity contribution in [1.29, 1.82) is 0 Å². The third-order valence-electron chi connectivity index (χ3n) is 2.56. The number of amides is 1. The van der Waals surface area contributed by atoms with Crippen molar-refractivity contribution in [2.24, 2.45) is 5.73 Å². The molecule has 0 spiro atoms. The van der Waals surface area contributed by atoms with Crippen LogP contribution >= 0.6 is 0 Å². The van der Waals surface area contributed by atoms with Crippen molar-refractivity contribution < 1.29 is 9.53 Å². The van der Waals surface area contributed by atoms with Crippen LogP contribution in [0.25, 0.3) is 0 Å². The van der Waals surface area contributed by atoms with Gasteiger partial charge in [0.2, 0.25) is 5.91 Å². The van der Waals surface area contributed by atoms with Gasteiger partial charge in [0.05, 0.1) is 0 Å². The monoisotopic (exact) mass is 281 g/mol. The summed E-state index contributed by atoms with van der Waals surface area (Å²) in [4.78, 5) is 19.8. The van der Waals surface area contributed by atoms with Crippen LogP contribution in [-0.2, 0) is 16.1 Å². The molecule has 112 valence electrons. The molecule has 0 saturated heterocycles. The lowest BCUT2D eigenvalue weighted by molar-refractivity contribution is -0.118. The van der Waals surface area contributed by atoms with Gasteiger partial charge < -0.3 is 21.1 Å². The molecule has 0 bridgehead atoms. The fraction of sp³-hybridized carbons (Fsp3) is 0.615. The van der Waals surface area contributed by atoms with Gasteiger partial charge in [0.25, 0.3) is 0 Å². The third-order valence-corrected chi connectivity index (χ3v) is 2.56. The number of primary amides is 1. The normalized spacial score (nSPS) is 11.9. The second-order valence-corrected chi connectivity index (χ2v) is 4.39. The second kappa shape index (κ2) is 8.31. The van der Waals surface area contributed by atoms with Crippen LogP contribution in [0.15, 0.2) is 6.07 Å². The van der Waals surface area contributed by atoms with Crippen LogP contribution in [0.5, 0.6) is 0 Å². The number of anilines is 2. The highest BCUT2D eigenvalue weighted by molar-refractivity contribution is 5.82. The van der Waals surface area contributed by atoms with Gasteiger partial charge in [0.15, 0.2) is 5.82 Å². The topological polar surface area (TPSA) is 102 Å². The van der Waals surface area contributed by atoms with E-state index in [4.69, 9.17) is 10.5 Å². The zero-order chi connectivity index (χ0) is 15.0. The molecule has 1 rings (SSSR count). The first-order valence-electron chi connectivity index (χ1n) is 6.82. The van der Waals surface area contributed by atoms with Crippen molar-refractivity contribution in [3.63, 3.8) is 0 Å². The molecular weight excluding hydrogens is 258 g/mol.